The average molecular weight is 322 g/mol. The highest BCUT2D eigenvalue weighted by Crippen LogP contribution is 2.26. The lowest BCUT2D eigenvalue weighted by Crippen LogP contribution is -2.07. The van der Waals surface area contributed by atoms with E-state index < -0.39 is 10.1 Å². The third kappa shape index (κ3) is 3.61. The fourth-order valence-electron chi connectivity index (χ4n) is 1.89. The Hall–Kier alpha value is -1.99. The van der Waals surface area contributed by atoms with Gasteiger partial charge in [-0.05, 0) is 36.6 Å². The molecule has 1 aromatic heterocycles. The van der Waals surface area contributed by atoms with Gasteiger partial charge in [-0.25, -0.2) is 9.97 Å². The van der Waals surface area contributed by atoms with Crippen molar-refractivity contribution in [3.05, 3.63) is 36.2 Å². The summed E-state index contributed by atoms with van der Waals surface area (Å²) in [5.41, 5.74) is 2.37. The molecule has 118 valence electrons. The van der Waals surface area contributed by atoms with Gasteiger partial charge >= 0.3 is 6.01 Å². The normalized spacial score (nSPS) is 11.4. The van der Waals surface area contributed by atoms with E-state index in [2.05, 4.69) is 9.97 Å². The van der Waals surface area contributed by atoms with Gasteiger partial charge in [0, 0.05) is 18.0 Å². The highest BCUT2D eigenvalue weighted by molar-refractivity contribution is 7.86. The van der Waals surface area contributed by atoms with Crippen molar-refractivity contribution in [2.24, 2.45) is 0 Å². The van der Waals surface area contributed by atoms with Crippen molar-refractivity contribution in [3.8, 4) is 17.1 Å². The van der Waals surface area contributed by atoms with Crippen LogP contribution in [0.3, 0.4) is 0 Å². The minimum absolute atomic E-state index is 0.123. The number of nitrogens with zero attached hydrogens (tertiary/aromatic N) is 2. The Kier molecular flexibility index (Phi) is 5.10. The van der Waals surface area contributed by atoms with Gasteiger partial charge in [0.25, 0.3) is 10.1 Å². The Balaban J connectivity index is 2.42. The SMILES string of the molecule is CCCOS(=O)(=O)c1ccc(C)c(-c2cnc(OC)nc2)c1. The molecule has 1 heterocycles. The Morgan fingerprint density at radius 3 is 2.45 bits per heavy atom. The van der Waals surface area contributed by atoms with E-state index in [4.69, 9.17) is 8.92 Å². The maximum absolute atomic E-state index is 12.1. The molecule has 0 N–H and O–H groups in total. The summed E-state index contributed by atoms with van der Waals surface area (Å²) >= 11 is 0. The number of rotatable bonds is 6. The first-order valence-corrected chi connectivity index (χ1v) is 8.25. The molecule has 0 amide bonds. The molecule has 0 unspecified atom stereocenters. The minimum Gasteiger partial charge on any atom is -0.467 e. The lowest BCUT2D eigenvalue weighted by molar-refractivity contribution is 0.318. The van der Waals surface area contributed by atoms with Crippen molar-refractivity contribution in [3.63, 3.8) is 0 Å². The van der Waals surface area contributed by atoms with E-state index in [9.17, 15) is 8.42 Å². The molecule has 0 aliphatic carbocycles. The van der Waals surface area contributed by atoms with Crippen LogP contribution >= 0.6 is 0 Å². The van der Waals surface area contributed by atoms with Crippen LogP contribution in [0.1, 0.15) is 18.9 Å². The number of ether oxygens (including phenoxy) is 1. The topological polar surface area (TPSA) is 78.4 Å². The molecule has 1 aromatic carbocycles. The number of benzene rings is 1. The first kappa shape index (κ1) is 16.4. The fourth-order valence-corrected chi connectivity index (χ4v) is 2.91. The van der Waals surface area contributed by atoms with Crippen molar-refractivity contribution < 1.29 is 17.3 Å². The molecule has 0 saturated carbocycles. The predicted octanol–water partition coefficient (Wildman–Crippen LogP) is 2.58. The Morgan fingerprint density at radius 1 is 1.18 bits per heavy atom. The molecule has 2 rings (SSSR count). The van der Waals surface area contributed by atoms with Crippen LogP contribution < -0.4 is 4.74 Å². The molecule has 0 bridgehead atoms. The molecule has 0 atom stereocenters. The van der Waals surface area contributed by atoms with E-state index in [1.54, 1.807) is 24.5 Å². The Labute approximate surface area is 130 Å². The average Bonchev–Trinajstić information content (AvgIpc) is 2.53. The van der Waals surface area contributed by atoms with Crippen LogP contribution in [0.5, 0.6) is 6.01 Å². The Bertz CT molecular complexity index is 743. The Morgan fingerprint density at radius 2 is 1.86 bits per heavy atom. The van der Waals surface area contributed by atoms with E-state index in [1.807, 2.05) is 13.8 Å². The van der Waals surface area contributed by atoms with Gasteiger partial charge in [-0.1, -0.05) is 13.0 Å². The number of aromatic nitrogens is 2. The second-order valence-electron chi connectivity index (χ2n) is 4.71. The van der Waals surface area contributed by atoms with Crippen molar-refractivity contribution >= 4 is 10.1 Å². The van der Waals surface area contributed by atoms with Crippen molar-refractivity contribution in [2.75, 3.05) is 13.7 Å². The van der Waals surface area contributed by atoms with Gasteiger partial charge in [0.1, 0.15) is 0 Å². The monoisotopic (exact) mass is 322 g/mol. The molecular formula is C15H18N2O4S. The van der Waals surface area contributed by atoms with Gasteiger partial charge < -0.3 is 4.74 Å². The van der Waals surface area contributed by atoms with Gasteiger partial charge in [-0.2, -0.15) is 8.42 Å². The molecule has 0 aliphatic heterocycles. The fraction of sp³-hybridized carbons (Fsp3) is 0.333. The number of hydrogen-bond donors (Lipinski definition) is 0. The standard InChI is InChI=1S/C15H18N2O4S/c1-4-7-21-22(18,19)13-6-5-11(2)14(8-13)12-9-16-15(20-3)17-10-12/h5-6,8-10H,4,7H2,1-3H3. The summed E-state index contributed by atoms with van der Waals surface area (Å²) in [5.74, 6) is 0. The van der Waals surface area contributed by atoms with E-state index in [-0.39, 0.29) is 17.5 Å². The van der Waals surface area contributed by atoms with Gasteiger partial charge in [0.05, 0.1) is 18.6 Å². The van der Waals surface area contributed by atoms with Gasteiger partial charge in [0.15, 0.2) is 0 Å². The van der Waals surface area contributed by atoms with Gasteiger partial charge in [-0.15, -0.1) is 0 Å². The van der Waals surface area contributed by atoms with Crippen molar-refractivity contribution in [2.45, 2.75) is 25.2 Å². The number of methoxy groups -OCH3 is 1. The summed E-state index contributed by atoms with van der Waals surface area (Å²) in [4.78, 5) is 8.21. The molecule has 7 heteroatoms. The third-order valence-electron chi connectivity index (χ3n) is 3.06. The van der Waals surface area contributed by atoms with Crippen LogP contribution in [0.4, 0.5) is 0 Å². The molecule has 0 radical (unpaired) electrons. The van der Waals surface area contributed by atoms with Crippen molar-refractivity contribution in [1.82, 2.24) is 9.97 Å². The highest BCUT2D eigenvalue weighted by atomic mass is 32.2. The largest absolute Gasteiger partial charge is 0.467 e. The summed E-state index contributed by atoms with van der Waals surface area (Å²) in [6.07, 6.45) is 3.82. The molecule has 6 nitrogen and oxygen atoms in total. The molecule has 2 aromatic rings. The van der Waals surface area contributed by atoms with Crippen LogP contribution in [0.25, 0.3) is 11.1 Å². The maximum atomic E-state index is 12.1. The lowest BCUT2D eigenvalue weighted by atomic mass is 10.0. The zero-order chi connectivity index (χ0) is 16.2. The third-order valence-corrected chi connectivity index (χ3v) is 4.37. The first-order valence-electron chi connectivity index (χ1n) is 6.84. The summed E-state index contributed by atoms with van der Waals surface area (Å²) < 4.78 is 34.1. The number of aryl methyl sites for hydroxylation is 1. The van der Waals surface area contributed by atoms with E-state index in [1.165, 1.54) is 13.2 Å². The van der Waals surface area contributed by atoms with E-state index in [0.29, 0.717) is 12.0 Å². The summed E-state index contributed by atoms with van der Waals surface area (Å²) in [5, 5.41) is 0. The molecule has 0 aliphatic rings. The lowest BCUT2D eigenvalue weighted by Gasteiger charge is -2.10. The smallest absolute Gasteiger partial charge is 0.316 e. The molecule has 0 saturated heterocycles. The number of hydrogen-bond acceptors (Lipinski definition) is 6. The van der Waals surface area contributed by atoms with Gasteiger partial charge in [-0.3, -0.25) is 4.18 Å². The van der Waals surface area contributed by atoms with E-state index in [0.717, 1.165) is 11.1 Å². The van der Waals surface area contributed by atoms with Crippen LogP contribution in [-0.2, 0) is 14.3 Å². The highest BCUT2D eigenvalue weighted by Gasteiger charge is 2.17. The summed E-state index contributed by atoms with van der Waals surface area (Å²) in [7, 11) is -2.26. The molecule has 0 fully saturated rings. The van der Waals surface area contributed by atoms with Crippen LogP contribution in [0.2, 0.25) is 0 Å². The quantitative estimate of drug-likeness (QED) is 0.761. The van der Waals surface area contributed by atoms with Crippen LogP contribution in [0, 0.1) is 6.92 Å². The first-order chi connectivity index (χ1) is 10.5. The van der Waals surface area contributed by atoms with Crippen LogP contribution in [-0.4, -0.2) is 32.1 Å². The van der Waals surface area contributed by atoms with E-state index >= 15 is 0 Å². The molecular weight excluding hydrogens is 304 g/mol. The second-order valence-corrected chi connectivity index (χ2v) is 6.33. The predicted molar refractivity (Wildman–Crippen MR) is 82.2 cm³/mol. The zero-order valence-corrected chi connectivity index (χ0v) is 13.6. The maximum Gasteiger partial charge on any atom is 0.316 e. The minimum atomic E-state index is -3.75. The molecule has 22 heavy (non-hydrogen) atoms. The molecule has 0 spiro atoms. The van der Waals surface area contributed by atoms with Gasteiger partial charge in [0.2, 0.25) is 0 Å². The van der Waals surface area contributed by atoms with Crippen LogP contribution in [0.15, 0.2) is 35.5 Å². The summed E-state index contributed by atoms with van der Waals surface area (Å²) in [6, 6.07) is 5.11. The zero-order valence-electron chi connectivity index (χ0n) is 12.7. The second kappa shape index (κ2) is 6.85. The summed E-state index contributed by atoms with van der Waals surface area (Å²) in [6.45, 7) is 3.91. The van der Waals surface area contributed by atoms with Crippen molar-refractivity contribution in [1.29, 1.82) is 0 Å².